The Kier molecular flexibility index (Phi) is 10.7. The summed E-state index contributed by atoms with van der Waals surface area (Å²) >= 11 is 15.8. The van der Waals surface area contributed by atoms with Crippen molar-refractivity contribution < 1.29 is 19.0 Å². The molecule has 0 aliphatic rings. The Morgan fingerprint density at radius 3 is 2.44 bits per heavy atom. The highest BCUT2D eigenvalue weighted by atomic mass is 79.9. The summed E-state index contributed by atoms with van der Waals surface area (Å²) in [4.78, 5) is 12.9. The van der Waals surface area contributed by atoms with E-state index < -0.39 is 5.91 Å². The predicted molar refractivity (Wildman–Crippen MR) is 166 cm³/mol. The molecule has 0 aliphatic heterocycles. The van der Waals surface area contributed by atoms with Gasteiger partial charge in [-0.1, -0.05) is 53.5 Å². The van der Waals surface area contributed by atoms with Gasteiger partial charge >= 0.3 is 0 Å². The molecule has 4 rings (SSSR count). The summed E-state index contributed by atoms with van der Waals surface area (Å²) < 4.78 is 18.2. The van der Waals surface area contributed by atoms with Crippen LogP contribution in [0.4, 0.5) is 5.69 Å². The second-order valence-corrected chi connectivity index (χ2v) is 10.4. The number of hydrogen-bond acceptors (Lipinski definition) is 5. The van der Waals surface area contributed by atoms with Crippen molar-refractivity contribution in [2.45, 2.75) is 20.1 Å². The summed E-state index contributed by atoms with van der Waals surface area (Å²) in [6.45, 7) is 2.86. The zero-order chi connectivity index (χ0) is 29.2. The summed E-state index contributed by atoms with van der Waals surface area (Å²) in [6, 6.07) is 27.2. The molecule has 0 unspecified atom stereocenters. The topological polar surface area (TPSA) is 80.6 Å². The second-order valence-electron chi connectivity index (χ2n) is 8.71. The number of carbonyl (C=O) groups is 1. The van der Waals surface area contributed by atoms with E-state index in [1.807, 2.05) is 49.4 Å². The van der Waals surface area contributed by atoms with Crippen molar-refractivity contribution in [2.75, 3.05) is 11.9 Å². The molecule has 208 valence electrons. The summed E-state index contributed by atoms with van der Waals surface area (Å²) in [5, 5.41) is 13.7. The molecule has 0 aliphatic carbocycles. The van der Waals surface area contributed by atoms with Gasteiger partial charge in [-0.05, 0) is 94.7 Å². The molecule has 0 heterocycles. The van der Waals surface area contributed by atoms with E-state index >= 15 is 0 Å². The highest BCUT2D eigenvalue weighted by molar-refractivity contribution is 9.10. The number of nitriles is 1. The number of halogens is 3. The van der Waals surface area contributed by atoms with Gasteiger partial charge in [0.1, 0.15) is 30.6 Å². The average Bonchev–Trinajstić information content (AvgIpc) is 2.96. The normalized spacial score (nSPS) is 11.0. The van der Waals surface area contributed by atoms with E-state index in [-0.39, 0.29) is 12.2 Å². The summed E-state index contributed by atoms with van der Waals surface area (Å²) in [5.74, 6) is 1.04. The molecule has 0 saturated carbocycles. The maximum Gasteiger partial charge on any atom is 0.266 e. The van der Waals surface area contributed by atoms with E-state index in [4.69, 9.17) is 37.4 Å². The van der Waals surface area contributed by atoms with Crippen LogP contribution in [0.2, 0.25) is 10.0 Å². The molecule has 0 spiro atoms. The van der Waals surface area contributed by atoms with Crippen molar-refractivity contribution in [3.8, 4) is 23.3 Å². The Morgan fingerprint density at radius 1 is 0.951 bits per heavy atom. The molecule has 0 fully saturated rings. The summed E-state index contributed by atoms with van der Waals surface area (Å²) in [7, 11) is 0. The van der Waals surface area contributed by atoms with E-state index in [0.717, 1.165) is 11.1 Å². The Bertz CT molecular complexity index is 1600. The fourth-order valence-corrected chi connectivity index (χ4v) is 4.76. The van der Waals surface area contributed by atoms with Crippen LogP contribution in [0.5, 0.6) is 17.2 Å². The fourth-order valence-electron chi connectivity index (χ4n) is 3.78. The zero-order valence-corrected chi connectivity index (χ0v) is 25.1. The first-order chi connectivity index (χ1) is 19.9. The van der Waals surface area contributed by atoms with Crippen molar-refractivity contribution in [1.29, 1.82) is 5.26 Å². The molecule has 0 radical (unpaired) electrons. The zero-order valence-electron chi connectivity index (χ0n) is 22.0. The standard InChI is InChI=1S/C32H25BrCl2N2O4/c1-2-39-30-17-22(16-28(33)31(30)41-19-21-6-5-8-25(34)15-21)14-24(18-36)32(38)37-26-10-12-27(13-11-26)40-20-23-7-3-4-9-29(23)35/h3-17H,2,19-20H2,1H3,(H,37,38)/b24-14+. The number of carbonyl (C=O) groups excluding carboxylic acids is 1. The second kappa shape index (κ2) is 14.6. The minimum atomic E-state index is -0.549. The van der Waals surface area contributed by atoms with Crippen LogP contribution < -0.4 is 19.5 Å². The molecular weight excluding hydrogens is 627 g/mol. The predicted octanol–water partition coefficient (Wildman–Crippen LogP) is 8.86. The van der Waals surface area contributed by atoms with E-state index in [9.17, 15) is 10.1 Å². The quantitative estimate of drug-likeness (QED) is 0.129. The molecule has 41 heavy (non-hydrogen) atoms. The van der Waals surface area contributed by atoms with Crippen LogP contribution in [-0.2, 0) is 18.0 Å². The molecular formula is C32H25BrCl2N2O4. The van der Waals surface area contributed by atoms with Gasteiger partial charge in [0.05, 0.1) is 11.1 Å². The van der Waals surface area contributed by atoms with Gasteiger partial charge in [-0.2, -0.15) is 5.26 Å². The molecule has 4 aromatic rings. The van der Waals surface area contributed by atoms with E-state index in [1.165, 1.54) is 6.08 Å². The number of benzene rings is 4. The fraction of sp³-hybridized carbons (Fsp3) is 0.125. The summed E-state index contributed by atoms with van der Waals surface area (Å²) in [5.41, 5.74) is 2.80. The minimum Gasteiger partial charge on any atom is -0.490 e. The molecule has 0 saturated heterocycles. The molecule has 4 aromatic carbocycles. The number of rotatable bonds is 11. The van der Waals surface area contributed by atoms with Crippen LogP contribution in [0, 0.1) is 11.3 Å². The van der Waals surface area contributed by atoms with Gasteiger partial charge in [-0.15, -0.1) is 0 Å². The van der Waals surface area contributed by atoms with Crippen LogP contribution in [0.1, 0.15) is 23.6 Å². The SMILES string of the molecule is CCOc1cc(/C=C(\C#N)C(=O)Nc2ccc(OCc3ccccc3Cl)cc2)cc(Br)c1OCc1cccc(Cl)c1. The van der Waals surface area contributed by atoms with Crippen LogP contribution >= 0.6 is 39.1 Å². The molecule has 6 nitrogen and oxygen atoms in total. The van der Waals surface area contributed by atoms with Crippen molar-refractivity contribution in [3.63, 3.8) is 0 Å². The molecule has 0 bridgehead atoms. The third-order valence-electron chi connectivity index (χ3n) is 5.74. The third kappa shape index (κ3) is 8.51. The largest absolute Gasteiger partial charge is 0.490 e. The molecule has 1 amide bonds. The number of ether oxygens (including phenoxy) is 3. The Morgan fingerprint density at radius 2 is 1.73 bits per heavy atom. The van der Waals surface area contributed by atoms with Gasteiger partial charge < -0.3 is 19.5 Å². The summed E-state index contributed by atoms with van der Waals surface area (Å²) in [6.07, 6.45) is 1.49. The molecule has 9 heteroatoms. The third-order valence-corrected chi connectivity index (χ3v) is 6.94. The van der Waals surface area contributed by atoms with Crippen molar-refractivity contribution in [1.82, 2.24) is 0 Å². The molecule has 1 N–H and O–H groups in total. The lowest BCUT2D eigenvalue weighted by Gasteiger charge is -2.15. The maximum atomic E-state index is 12.9. The van der Waals surface area contributed by atoms with Crippen LogP contribution in [-0.4, -0.2) is 12.5 Å². The average molecular weight is 652 g/mol. The first kappa shape index (κ1) is 30.0. The Hall–Kier alpha value is -3.96. The molecule has 0 aromatic heterocycles. The number of anilines is 1. The maximum absolute atomic E-state index is 12.9. The van der Waals surface area contributed by atoms with Gasteiger partial charge in [-0.25, -0.2) is 0 Å². The smallest absolute Gasteiger partial charge is 0.266 e. The number of nitrogens with zero attached hydrogens (tertiary/aromatic N) is 1. The van der Waals surface area contributed by atoms with Crippen LogP contribution in [0.15, 0.2) is 95.0 Å². The van der Waals surface area contributed by atoms with Crippen molar-refractivity contribution >= 4 is 56.8 Å². The van der Waals surface area contributed by atoms with Gasteiger partial charge in [0.25, 0.3) is 5.91 Å². The number of amides is 1. The van der Waals surface area contributed by atoms with Gasteiger partial charge in [0.15, 0.2) is 11.5 Å². The van der Waals surface area contributed by atoms with E-state index in [1.54, 1.807) is 48.5 Å². The lowest BCUT2D eigenvalue weighted by Crippen LogP contribution is -2.13. The highest BCUT2D eigenvalue weighted by Crippen LogP contribution is 2.38. The molecule has 0 atom stereocenters. The van der Waals surface area contributed by atoms with Gasteiger partial charge in [-0.3, -0.25) is 4.79 Å². The lowest BCUT2D eigenvalue weighted by molar-refractivity contribution is -0.112. The van der Waals surface area contributed by atoms with Crippen molar-refractivity contribution in [2.24, 2.45) is 0 Å². The number of hydrogen-bond donors (Lipinski definition) is 1. The van der Waals surface area contributed by atoms with E-state index in [2.05, 4.69) is 21.2 Å². The minimum absolute atomic E-state index is 0.0778. The first-order valence-electron chi connectivity index (χ1n) is 12.6. The highest BCUT2D eigenvalue weighted by Gasteiger charge is 2.15. The number of nitrogens with one attached hydrogen (secondary N) is 1. The van der Waals surface area contributed by atoms with Gasteiger partial charge in [0, 0.05) is 21.3 Å². The van der Waals surface area contributed by atoms with Crippen LogP contribution in [0.3, 0.4) is 0 Å². The lowest BCUT2D eigenvalue weighted by atomic mass is 10.1. The first-order valence-corrected chi connectivity index (χ1v) is 14.1. The van der Waals surface area contributed by atoms with Crippen LogP contribution in [0.25, 0.3) is 6.08 Å². The Balaban J connectivity index is 1.44. The Labute approximate surface area is 257 Å². The van der Waals surface area contributed by atoms with Crippen molar-refractivity contribution in [3.05, 3.63) is 122 Å². The van der Waals surface area contributed by atoms with Gasteiger partial charge in [0.2, 0.25) is 0 Å². The monoisotopic (exact) mass is 650 g/mol. The van der Waals surface area contributed by atoms with E-state index in [0.29, 0.717) is 56.2 Å².